The Morgan fingerprint density at radius 2 is 1.52 bits per heavy atom. The lowest BCUT2D eigenvalue weighted by Crippen LogP contribution is -2.52. The average Bonchev–Trinajstić information content (AvgIpc) is 3.80. The van der Waals surface area contributed by atoms with Crippen LogP contribution < -0.4 is 25.2 Å². The second-order valence-electron chi connectivity index (χ2n) is 16.5. The van der Waals surface area contributed by atoms with Crippen molar-refractivity contribution in [3.05, 3.63) is 102 Å². The normalized spacial score (nSPS) is 19.1. The van der Waals surface area contributed by atoms with E-state index < -0.39 is 13.2 Å². The minimum absolute atomic E-state index is 0.138. The number of carbonyl (C=O) groups excluding carboxylic acids is 3. The quantitative estimate of drug-likeness (QED) is 0.107. The molecule has 4 aliphatic rings. The maximum Gasteiger partial charge on any atom is 0.488 e. The van der Waals surface area contributed by atoms with E-state index in [-0.39, 0.29) is 30.0 Å². The summed E-state index contributed by atoms with van der Waals surface area (Å²) in [5, 5.41) is 22.6. The molecular weight excluding hydrogens is 796 g/mol. The van der Waals surface area contributed by atoms with E-state index in [0.717, 1.165) is 109 Å². The van der Waals surface area contributed by atoms with Crippen LogP contribution in [-0.4, -0.2) is 115 Å². The van der Waals surface area contributed by atoms with Crippen molar-refractivity contribution in [3.63, 3.8) is 0 Å². The molecule has 1 aromatic heterocycles. The number of carbonyl (C=O) groups is 3. The third kappa shape index (κ3) is 9.17. The predicted octanol–water partition coefficient (Wildman–Crippen LogP) is 5.24. The zero-order chi connectivity index (χ0) is 42.0. The van der Waals surface area contributed by atoms with Crippen molar-refractivity contribution < 1.29 is 38.3 Å². The van der Waals surface area contributed by atoms with Crippen molar-refractivity contribution in [3.8, 4) is 27.7 Å². The zero-order valence-electron chi connectivity index (χ0n) is 33.9. The molecule has 9 rings (SSSR count). The van der Waals surface area contributed by atoms with E-state index in [9.17, 15) is 28.8 Å². The van der Waals surface area contributed by atoms with Crippen LogP contribution in [0, 0.1) is 11.7 Å². The summed E-state index contributed by atoms with van der Waals surface area (Å²) in [4.78, 5) is 47.1. The van der Waals surface area contributed by atoms with Gasteiger partial charge in [-0.05, 0) is 135 Å². The van der Waals surface area contributed by atoms with Gasteiger partial charge in [0.1, 0.15) is 23.4 Å². The highest BCUT2D eigenvalue weighted by Crippen LogP contribution is 2.46. The van der Waals surface area contributed by atoms with Crippen molar-refractivity contribution in [1.82, 2.24) is 20.0 Å². The Labute approximate surface area is 358 Å². The van der Waals surface area contributed by atoms with Crippen LogP contribution in [0.2, 0.25) is 0 Å². The summed E-state index contributed by atoms with van der Waals surface area (Å²) in [5.41, 5.74) is 3.89. The average molecular weight is 846 g/mol. The fraction of sp³-hybridized carbons (Fsp3) is 0.370. The number of fused-ring (bicyclic) bond motifs is 2. The van der Waals surface area contributed by atoms with E-state index in [1.54, 1.807) is 29.2 Å². The highest BCUT2D eigenvalue weighted by atomic mass is 32.1. The van der Waals surface area contributed by atoms with Crippen molar-refractivity contribution in [2.75, 3.05) is 63.9 Å². The lowest BCUT2D eigenvalue weighted by atomic mass is 9.80. The Morgan fingerprint density at radius 1 is 0.803 bits per heavy atom. The van der Waals surface area contributed by atoms with Gasteiger partial charge < -0.3 is 34.2 Å². The molecule has 316 valence electrons. The van der Waals surface area contributed by atoms with Gasteiger partial charge >= 0.3 is 7.12 Å². The van der Waals surface area contributed by atoms with Crippen molar-refractivity contribution in [2.24, 2.45) is 5.92 Å². The molecule has 3 N–H and O–H groups in total. The van der Waals surface area contributed by atoms with Crippen LogP contribution in [0.3, 0.4) is 0 Å². The number of thiophene rings is 1. The highest BCUT2D eigenvalue weighted by molar-refractivity contribution is 7.22. The Balaban J connectivity index is 0.696. The number of ether oxygens (including phenoxy) is 2. The minimum Gasteiger partial charge on any atom is -0.493 e. The van der Waals surface area contributed by atoms with Gasteiger partial charge in [-0.1, -0.05) is 24.3 Å². The SMILES string of the molecule is O=C1CCC(N2Cc3cc(N4CCN(CCCN5CCC(COc6ccc(Oc7c(-c8ccc(F)cc8)sc8cc(B(O)O)ccc78)cc6)CC5)CC4)ccc3C2=O)C(=O)N1. The first-order chi connectivity index (χ1) is 29.6. The molecule has 3 fully saturated rings. The third-order valence-corrected chi connectivity index (χ3v) is 13.7. The molecule has 0 saturated carbocycles. The molecule has 0 bridgehead atoms. The second-order valence-corrected chi connectivity index (χ2v) is 17.5. The molecule has 3 amide bonds. The van der Waals surface area contributed by atoms with Crippen LogP contribution in [0.15, 0.2) is 84.9 Å². The molecule has 5 aromatic rings. The summed E-state index contributed by atoms with van der Waals surface area (Å²) in [5.74, 6) is 1.42. The van der Waals surface area contributed by atoms with Gasteiger partial charge in [0.25, 0.3) is 5.91 Å². The number of nitrogens with one attached hydrogen (secondary N) is 1. The van der Waals surface area contributed by atoms with Gasteiger partial charge in [-0.2, -0.15) is 0 Å². The maximum atomic E-state index is 13.7. The van der Waals surface area contributed by atoms with Crippen molar-refractivity contribution in [2.45, 2.75) is 44.7 Å². The number of halogens is 1. The van der Waals surface area contributed by atoms with Gasteiger partial charge in [-0.25, -0.2) is 4.39 Å². The van der Waals surface area contributed by atoms with E-state index in [1.165, 1.54) is 23.5 Å². The number of nitrogens with zero attached hydrogens (tertiary/aromatic N) is 4. The summed E-state index contributed by atoms with van der Waals surface area (Å²) < 4.78 is 27.3. The van der Waals surface area contributed by atoms with Gasteiger partial charge in [0, 0.05) is 60.5 Å². The van der Waals surface area contributed by atoms with E-state index in [1.807, 2.05) is 42.5 Å². The third-order valence-electron chi connectivity index (χ3n) is 12.5. The topological polar surface area (TPSA) is 135 Å². The van der Waals surface area contributed by atoms with E-state index in [4.69, 9.17) is 9.47 Å². The number of piperidine rings is 2. The lowest BCUT2D eigenvalue weighted by molar-refractivity contribution is -0.136. The number of hydrogen-bond donors (Lipinski definition) is 3. The molecule has 5 heterocycles. The summed E-state index contributed by atoms with van der Waals surface area (Å²) in [7, 11) is -1.58. The Morgan fingerprint density at radius 3 is 2.25 bits per heavy atom. The fourth-order valence-corrected chi connectivity index (χ4v) is 10.1. The van der Waals surface area contributed by atoms with E-state index in [2.05, 4.69) is 26.1 Å². The van der Waals surface area contributed by atoms with Gasteiger partial charge in [0.15, 0.2) is 5.75 Å². The largest absolute Gasteiger partial charge is 0.493 e. The Hall–Kier alpha value is -5.32. The number of benzene rings is 4. The molecule has 15 heteroatoms. The lowest BCUT2D eigenvalue weighted by Gasteiger charge is -2.37. The number of piperazine rings is 1. The molecule has 0 spiro atoms. The molecular formula is C46H49BFN5O7S. The monoisotopic (exact) mass is 845 g/mol. The molecule has 1 unspecified atom stereocenters. The summed E-state index contributed by atoms with van der Waals surface area (Å²) in [6, 6.07) is 24.5. The van der Waals surface area contributed by atoms with Gasteiger partial charge in [0.2, 0.25) is 11.8 Å². The molecule has 3 saturated heterocycles. The summed E-state index contributed by atoms with van der Waals surface area (Å²) >= 11 is 1.45. The molecule has 0 aliphatic carbocycles. The van der Waals surface area contributed by atoms with E-state index >= 15 is 0 Å². The Bertz CT molecular complexity index is 2400. The van der Waals surface area contributed by atoms with Gasteiger partial charge in [-0.15, -0.1) is 11.3 Å². The molecule has 1 atom stereocenters. The van der Waals surface area contributed by atoms with Crippen LogP contribution >= 0.6 is 11.3 Å². The molecule has 4 aromatic carbocycles. The zero-order valence-corrected chi connectivity index (χ0v) is 34.7. The molecule has 12 nitrogen and oxygen atoms in total. The maximum absolute atomic E-state index is 13.7. The number of likely N-dealkylation sites (tertiary alicyclic amines) is 1. The first-order valence-corrected chi connectivity index (χ1v) is 22.0. The number of anilines is 1. The van der Waals surface area contributed by atoms with Crippen molar-refractivity contribution in [1.29, 1.82) is 0 Å². The fourth-order valence-electron chi connectivity index (χ4n) is 8.96. The molecule has 4 aliphatic heterocycles. The van der Waals surface area contributed by atoms with Crippen LogP contribution in [0.5, 0.6) is 17.2 Å². The van der Waals surface area contributed by atoms with Crippen LogP contribution in [0.4, 0.5) is 10.1 Å². The Kier molecular flexibility index (Phi) is 12.1. The minimum atomic E-state index is -1.58. The number of rotatable bonds is 13. The predicted molar refractivity (Wildman–Crippen MR) is 234 cm³/mol. The standard InChI is InChI=1S/C46H49BFN5O7S/c48-34-5-2-31(3-6-34)44-43(39-12-4-33(47(57)58)27-41(39)61-44)60-37-10-8-36(9-11-37)59-29-30-16-20-50(21-17-30)18-1-19-51-22-24-52(25-23-51)35-7-13-38-32(26-35)28-53(46(38)56)40-14-15-42(54)49-45(40)55/h2-13,26-27,30,40,57-58H,1,14-25,28-29H2,(H,49,54,55). The second kappa shape index (κ2) is 18.0. The van der Waals surface area contributed by atoms with Crippen molar-refractivity contribution >= 4 is 57.4 Å². The summed E-state index contributed by atoms with van der Waals surface area (Å²) in [6.07, 6.45) is 3.95. The molecule has 61 heavy (non-hydrogen) atoms. The number of imide groups is 1. The summed E-state index contributed by atoms with van der Waals surface area (Å²) in [6.45, 7) is 9.19. The van der Waals surface area contributed by atoms with E-state index in [0.29, 0.717) is 48.0 Å². The highest BCUT2D eigenvalue weighted by Gasteiger charge is 2.39. The van der Waals surface area contributed by atoms with Gasteiger partial charge in [-0.3, -0.25) is 24.6 Å². The molecule has 0 radical (unpaired) electrons. The number of amides is 3. The first kappa shape index (κ1) is 41.1. The van der Waals surface area contributed by atoms with Crippen LogP contribution in [-0.2, 0) is 16.1 Å². The van der Waals surface area contributed by atoms with Crippen LogP contribution in [0.1, 0.15) is 48.0 Å². The smallest absolute Gasteiger partial charge is 0.488 e. The number of hydrogen-bond acceptors (Lipinski definition) is 11. The first-order valence-electron chi connectivity index (χ1n) is 21.2. The van der Waals surface area contributed by atoms with Gasteiger partial charge in [0.05, 0.1) is 11.5 Å². The van der Waals surface area contributed by atoms with Crippen LogP contribution in [0.25, 0.3) is 20.5 Å².